The molecule has 158 valence electrons. The molecule has 1 aromatic rings. The smallest absolute Gasteiger partial charge is 0.475 e. The Hall–Kier alpha value is -1.92. The summed E-state index contributed by atoms with van der Waals surface area (Å²) in [6, 6.07) is 5.86. The van der Waals surface area contributed by atoms with E-state index in [4.69, 9.17) is 14.6 Å². The molecule has 0 radical (unpaired) electrons. The van der Waals surface area contributed by atoms with Crippen molar-refractivity contribution in [3.63, 3.8) is 0 Å². The number of sulfonamides is 1. The molecule has 2 saturated heterocycles. The van der Waals surface area contributed by atoms with Gasteiger partial charge in [-0.2, -0.15) is 17.5 Å². The molecule has 3 rings (SSSR count). The Morgan fingerprint density at radius 3 is 2.50 bits per heavy atom. The van der Waals surface area contributed by atoms with Crippen molar-refractivity contribution < 1.29 is 36.2 Å². The second kappa shape index (κ2) is 8.62. The minimum absolute atomic E-state index is 0.128. The first-order valence-electron chi connectivity index (χ1n) is 8.42. The summed E-state index contributed by atoms with van der Waals surface area (Å²) in [6.07, 6.45) is -1.10. The SMILES string of the molecule is CS(=O)(=O)N1CCOCC2(CCN(c3ccccn3)C2)C1.O=C(O)C(F)(F)F. The molecular formula is C16H22F3N3O5S. The monoisotopic (exact) mass is 425 g/mol. The summed E-state index contributed by atoms with van der Waals surface area (Å²) in [5.74, 6) is -1.81. The molecule has 1 aromatic heterocycles. The maximum Gasteiger partial charge on any atom is 0.490 e. The normalized spacial score (nSPS) is 23.8. The summed E-state index contributed by atoms with van der Waals surface area (Å²) < 4.78 is 62.7. The van der Waals surface area contributed by atoms with E-state index in [2.05, 4.69) is 9.88 Å². The average Bonchev–Trinajstić information content (AvgIpc) is 2.88. The van der Waals surface area contributed by atoms with Crippen LogP contribution in [0.5, 0.6) is 0 Å². The zero-order valence-corrected chi connectivity index (χ0v) is 16.0. The molecule has 28 heavy (non-hydrogen) atoms. The van der Waals surface area contributed by atoms with Crippen LogP contribution in [-0.2, 0) is 19.6 Å². The minimum Gasteiger partial charge on any atom is -0.475 e. The van der Waals surface area contributed by atoms with Crippen LogP contribution in [0.15, 0.2) is 24.4 Å². The first kappa shape index (κ1) is 22.4. The van der Waals surface area contributed by atoms with Crippen molar-refractivity contribution >= 4 is 21.8 Å². The van der Waals surface area contributed by atoms with Gasteiger partial charge in [-0.1, -0.05) is 6.07 Å². The van der Waals surface area contributed by atoms with Crippen LogP contribution < -0.4 is 4.90 Å². The van der Waals surface area contributed by atoms with E-state index >= 15 is 0 Å². The number of nitrogens with zero attached hydrogens (tertiary/aromatic N) is 3. The first-order valence-corrected chi connectivity index (χ1v) is 10.3. The van der Waals surface area contributed by atoms with E-state index in [0.29, 0.717) is 26.3 Å². The van der Waals surface area contributed by atoms with Gasteiger partial charge in [0.1, 0.15) is 5.82 Å². The van der Waals surface area contributed by atoms with Crippen molar-refractivity contribution in [2.45, 2.75) is 12.6 Å². The van der Waals surface area contributed by atoms with Gasteiger partial charge in [-0.3, -0.25) is 0 Å². The predicted molar refractivity (Wildman–Crippen MR) is 94.4 cm³/mol. The van der Waals surface area contributed by atoms with Crippen molar-refractivity contribution in [3.8, 4) is 0 Å². The number of hydrogen-bond acceptors (Lipinski definition) is 6. The molecular weight excluding hydrogens is 403 g/mol. The highest BCUT2D eigenvalue weighted by Gasteiger charge is 2.43. The number of alkyl halides is 3. The van der Waals surface area contributed by atoms with E-state index in [1.165, 1.54) is 6.26 Å². The lowest BCUT2D eigenvalue weighted by Crippen LogP contribution is -2.43. The summed E-state index contributed by atoms with van der Waals surface area (Å²) in [4.78, 5) is 15.5. The number of ether oxygens (including phenoxy) is 1. The van der Waals surface area contributed by atoms with Crippen LogP contribution >= 0.6 is 0 Å². The number of hydrogen-bond donors (Lipinski definition) is 1. The summed E-state index contributed by atoms with van der Waals surface area (Å²) in [6.45, 7) is 3.74. The Morgan fingerprint density at radius 2 is 1.96 bits per heavy atom. The van der Waals surface area contributed by atoms with E-state index in [9.17, 15) is 21.6 Å². The Labute approximate surface area is 161 Å². The number of carbonyl (C=O) groups is 1. The van der Waals surface area contributed by atoms with Gasteiger partial charge in [0.05, 0.1) is 19.5 Å². The fourth-order valence-electron chi connectivity index (χ4n) is 3.16. The third-order valence-corrected chi connectivity index (χ3v) is 5.78. The average molecular weight is 425 g/mol. The Bertz CT molecular complexity index is 775. The van der Waals surface area contributed by atoms with E-state index in [1.807, 2.05) is 18.2 Å². The maximum atomic E-state index is 11.9. The van der Waals surface area contributed by atoms with Gasteiger partial charge < -0.3 is 14.7 Å². The quantitative estimate of drug-likeness (QED) is 0.760. The minimum atomic E-state index is -5.08. The van der Waals surface area contributed by atoms with E-state index < -0.39 is 22.2 Å². The fraction of sp³-hybridized carbons (Fsp3) is 0.625. The number of aromatic nitrogens is 1. The van der Waals surface area contributed by atoms with Gasteiger partial charge in [0.25, 0.3) is 0 Å². The van der Waals surface area contributed by atoms with Gasteiger partial charge in [0, 0.05) is 37.8 Å². The highest BCUT2D eigenvalue weighted by atomic mass is 32.2. The second-order valence-electron chi connectivity index (χ2n) is 6.81. The Kier molecular flexibility index (Phi) is 6.88. The molecule has 1 N–H and O–H groups in total. The molecule has 2 fully saturated rings. The number of rotatable bonds is 2. The Balaban J connectivity index is 0.000000345. The molecule has 3 heterocycles. The third kappa shape index (κ3) is 6.04. The van der Waals surface area contributed by atoms with Gasteiger partial charge in [-0.05, 0) is 18.6 Å². The topological polar surface area (TPSA) is 100 Å². The lowest BCUT2D eigenvalue weighted by atomic mass is 9.88. The number of halogens is 3. The number of carboxylic acids is 1. The van der Waals surface area contributed by atoms with E-state index in [-0.39, 0.29) is 5.41 Å². The summed E-state index contributed by atoms with van der Waals surface area (Å²) in [7, 11) is -3.18. The summed E-state index contributed by atoms with van der Waals surface area (Å²) >= 11 is 0. The first-order chi connectivity index (χ1) is 12.9. The molecule has 0 aliphatic carbocycles. The Morgan fingerprint density at radius 1 is 1.29 bits per heavy atom. The molecule has 1 unspecified atom stereocenters. The molecule has 0 aromatic carbocycles. The van der Waals surface area contributed by atoms with Crippen LogP contribution in [0.1, 0.15) is 6.42 Å². The zero-order chi connectivity index (χ0) is 21.0. The lowest BCUT2D eigenvalue weighted by molar-refractivity contribution is -0.192. The van der Waals surface area contributed by atoms with Crippen LogP contribution in [0, 0.1) is 5.41 Å². The van der Waals surface area contributed by atoms with Crippen molar-refractivity contribution in [2.75, 3.05) is 50.5 Å². The van der Waals surface area contributed by atoms with Gasteiger partial charge in [-0.25, -0.2) is 18.2 Å². The highest BCUT2D eigenvalue weighted by molar-refractivity contribution is 7.88. The molecule has 1 spiro atoms. The molecule has 1 atom stereocenters. The largest absolute Gasteiger partial charge is 0.490 e. The zero-order valence-electron chi connectivity index (χ0n) is 15.2. The molecule has 2 aliphatic rings. The predicted octanol–water partition coefficient (Wildman–Crippen LogP) is 1.20. The number of anilines is 1. The van der Waals surface area contributed by atoms with E-state index in [1.54, 1.807) is 10.5 Å². The standard InChI is InChI=1S/C14H21N3O3S.C2HF3O2/c1-21(18,19)17-8-9-20-12-14(11-17)5-7-16(10-14)13-4-2-3-6-15-13;3-2(4,5)1(6)7/h2-4,6H,5,7-12H2,1H3;(H,6,7). The van der Waals surface area contributed by atoms with Crippen LogP contribution in [0.2, 0.25) is 0 Å². The van der Waals surface area contributed by atoms with Crippen LogP contribution in [0.3, 0.4) is 0 Å². The van der Waals surface area contributed by atoms with Crippen molar-refractivity contribution in [2.24, 2.45) is 5.41 Å². The highest BCUT2D eigenvalue weighted by Crippen LogP contribution is 2.35. The second-order valence-corrected chi connectivity index (χ2v) is 8.79. The summed E-state index contributed by atoms with van der Waals surface area (Å²) in [5.41, 5.74) is -0.128. The molecule has 0 bridgehead atoms. The van der Waals surface area contributed by atoms with Crippen molar-refractivity contribution in [3.05, 3.63) is 24.4 Å². The van der Waals surface area contributed by atoms with Crippen molar-refractivity contribution in [1.29, 1.82) is 0 Å². The maximum absolute atomic E-state index is 11.9. The van der Waals surface area contributed by atoms with E-state index in [0.717, 1.165) is 25.3 Å². The fourth-order valence-corrected chi connectivity index (χ4v) is 4.07. The lowest BCUT2D eigenvalue weighted by Gasteiger charge is -2.30. The number of aliphatic carboxylic acids is 1. The van der Waals surface area contributed by atoms with Crippen molar-refractivity contribution in [1.82, 2.24) is 9.29 Å². The molecule has 2 aliphatic heterocycles. The van der Waals surface area contributed by atoms with Gasteiger partial charge >= 0.3 is 12.1 Å². The van der Waals surface area contributed by atoms with Gasteiger partial charge in [0.2, 0.25) is 10.0 Å². The third-order valence-electron chi connectivity index (χ3n) is 4.53. The molecule has 8 nitrogen and oxygen atoms in total. The molecule has 12 heteroatoms. The van der Waals surface area contributed by atoms with Crippen LogP contribution in [0.4, 0.5) is 19.0 Å². The number of carboxylic acid groups (broad SMARTS) is 1. The number of pyridine rings is 1. The molecule has 0 saturated carbocycles. The van der Waals surface area contributed by atoms with Gasteiger partial charge in [-0.15, -0.1) is 0 Å². The van der Waals surface area contributed by atoms with Crippen LogP contribution in [0.25, 0.3) is 0 Å². The van der Waals surface area contributed by atoms with Crippen LogP contribution in [-0.4, -0.2) is 80.6 Å². The van der Waals surface area contributed by atoms with Gasteiger partial charge in [0.15, 0.2) is 0 Å². The summed E-state index contributed by atoms with van der Waals surface area (Å²) in [5, 5.41) is 7.12. The molecule has 0 amide bonds.